The van der Waals surface area contributed by atoms with Crippen molar-refractivity contribution in [3.05, 3.63) is 42.7 Å². The average molecular weight is 389 g/mol. The van der Waals surface area contributed by atoms with Gasteiger partial charge in [0, 0.05) is 23.0 Å². The Morgan fingerprint density at radius 1 is 1.28 bits per heavy atom. The number of hydrogen-bond acceptors (Lipinski definition) is 4. The minimum Gasteiger partial charge on any atom is -0.324 e. The highest BCUT2D eigenvalue weighted by Gasteiger charge is 2.42. The second kappa shape index (κ2) is 8.64. The summed E-state index contributed by atoms with van der Waals surface area (Å²) in [6, 6.07) is 8.24. The lowest BCUT2D eigenvalue weighted by Gasteiger charge is -2.36. The van der Waals surface area contributed by atoms with Gasteiger partial charge in [0.05, 0.1) is 0 Å². The molecule has 2 heterocycles. The van der Waals surface area contributed by atoms with Gasteiger partial charge in [-0.15, -0.1) is 12.4 Å². The molecule has 0 radical (unpaired) electrons. The lowest BCUT2D eigenvalue weighted by Crippen LogP contribution is -2.52. The summed E-state index contributed by atoms with van der Waals surface area (Å²) < 4.78 is 26.4. The second-order valence-corrected chi connectivity index (χ2v) is 6.65. The van der Waals surface area contributed by atoms with Crippen LogP contribution in [0.1, 0.15) is 12.8 Å². The smallest absolute Gasteiger partial charge is 0.288 e. The minimum atomic E-state index is -2.46. The maximum atomic E-state index is 12.9. The maximum Gasteiger partial charge on any atom is 0.288 e. The van der Waals surface area contributed by atoms with Crippen molar-refractivity contribution in [1.29, 1.82) is 0 Å². The van der Waals surface area contributed by atoms with Crippen molar-refractivity contribution in [2.24, 2.45) is 0 Å². The first kappa shape index (κ1) is 19.7. The fourth-order valence-corrected chi connectivity index (χ4v) is 3.39. The molecule has 2 aromatic rings. The topological polar surface area (TPSA) is 59.0 Å². The number of thioether (sulfide) groups is 1. The Balaban J connectivity index is 0.00000225. The van der Waals surface area contributed by atoms with Gasteiger partial charge in [0.1, 0.15) is 5.54 Å². The molecule has 136 valence electrons. The van der Waals surface area contributed by atoms with Crippen LogP contribution in [-0.4, -0.2) is 34.5 Å². The van der Waals surface area contributed by atoms with Gasteiger partial charge in [-0.2, -0.15) is 13.9 Å². The van der Waals surface area contributed by atoms with E-state index in [-0.39, 0.29) is 18.3 Å². The van der Waals surface area contributed by atoms with Crippen LogP contribution in [-0.2, 0) is 10.3 Å². The number of benzene rings is 1. The Bertz CT molecular complexity index is 676. The van der Waals surface area contributed by atoms with Gasteiger partial charge in [0.15, 0.2) is 0 Å². The third-order valence-corrected chi connectivity index (χ3v) is 4.86. The van der Waals surface area contributed by atoms with Crippen LogP contribution in [0.4, 0.5) is 14.5 Å². The van der Waals surface area contributed by atoms with Crippen LogP contribution >= 0.6 is 24.2 Å². The van der Waals surface area contributed by atoms with Crippen molar-refractivity contribution in [2.45, 2.75) is 29.0 Å². The summed E-state index contributed by atoms with van der Waals surface area (Å²) in [6.07, 6.45) is 4.74. The summed E-state index contributed by atoms with van der Waals surface area (Å²) in [5.41, 5.74) is -0.144. The van der Waals surface area contributed by atoms with E-state index in [0.717, 1.165) is 13.1 Å². The van der Waals surface area contributed by atoms with Gasteiger partial charge in [-0.3, -0.25) is 9.48 Å². The molecule has 3 rings (SSSR count). The molecule has 25 heavy (non-hydrogen) atoms. The van der Waals surface area contributed by atoms with Crippen LogP contribution in [0, 0.1) is 0 Å². The van der Waals surface area contributed by atoms with Crippen LogP contribution in [0.15, 0.2) is 47.6 Å². The lowest BCUT2D eigenvalue weighted by atomic mass is 9.87. The van der Waals surface area contributed by atoms with Crippen molar-refractivity contribution in [1.82, 2.24) is 15.1 Å². The van der Waals surface area contributed by atoms with Crippen molar-refractivity contribution in [3.8, 4) is 0 Å². The number of rotatable bonds is 5. The van der Waals surface area contributed by atoms with Gasteiger partial charge in [-0.05, 0) is 56.3 Å². The molecule has 2 N–H and O–H groups in total. The number of carbonyl (C=O) groups excluding carboxylic acids is 1. The number of carbonyl (C=O) groups is 1. The molecule has 1 fully saturated rings. The number of nitrogens with one attached hydrogen (secondary N) is 2. The van der Waals surface area contributed by atoms with Crippen LogP contribution in [0.25, 0.3) is 0 Å². The molecule has 0 saturated carbocycles. The first-order valence-corrected chi connectivity index (χ1v) is 8.55. The molecule has 1 amide bonds. The number of alkyl halides is 2. The molecule has 1 aliphatic rings. The third-order valence-electron chi connectivity index (χ3n) is 4.13. The van der Waals surface area contributed by atoms with Crippen LogP contribution < -0.4 is 10.6 Å². The molecule has 1 aromatic carbocycles. The molecule has 0 unspecified atom stereocenters. The Hall–Kier alpha value is -1.64. The highest BCUT2D eigenvalue weighted by molar-refractivity contribution is 7.99. The summed E-state index contributed by atoms with van der Waals surface area (Å²) in [4.78, 5) is 13.4. The molecule has 0 spiro atoms. The summed E-state index contributed by atoms with van der Waals surface area (Å²) >= 11 is 0.483. The summed E-state index contributed by atoms with van der Waals surface area (Å²) in [5, 5.41) is 10.4. The Labute approximate surface area is 155 Å². The molecule has 1 saturated heterocycles. The molecule has 9 heteroatoms. The summed E-state index contributed by atoms with van der Waals surface area (Å²) in [7, 11) is 0. The van der Waals surface area contributed by atoms with Crippen molar-refractivity contribution >= 4 is 35.8 Å². The van der Waals surface area contributed by atoms with E-state index < -0.39 is 11.3 Å². The standard InChI is InChI=1S/C16H18F2N4OS.ClH/c17-15(18)24-13-4-2-12(3-5-13)21-14(23)16(6-9-19-10-7-16)22-11-1-8-20-22;/h1-5,8,11,15,19H,6-7,9-10H2,(H,21,23);1H. The van der Waals surface area contributed by atoms with Crippen molar-refractivity contribution in [2.75, 3.05) is 18.4 Å². The van der Waals surface area contributed by atoms with Crippen LogP contribution in [0.3, 0.4) is 0 Å². The van der Waals surface area contributed by atoms with E-state index in [1.54, 1.807) is 47.4 Å². The molecular formula is C16H19ClF2N4OS. The predicted molar refractivity (Wildman–Crippen MR) is 96.5 cm³/mol. The average Bonchev–Trinajstić information content (AvgIpc) is 3.12. The summed E-state index contributed by atoms with van der Waals surface area (Å²) in [6.45, 7) is 1.47. The van der Waals surface area contributed by atoms with E-state index in [1.807, 2.05) is 0 Å². The zero-order valence-electron chi connectivity index (χ0n) is 13.3. The highest BCUT2D eigenvalue weighted by atomic mass is 35.5. The van der Waals surface area contributed by atoms with E-state index in [9.17, 15) is 13.6 Å². The Morgan fingerprint density at radius 3 is 2.52 bits per heavy atom. The Morgan fingerprint density at radius 2 is 1.96 bits per heavy atom. The normalized spacial score (nSPS) is 16.3. The molecular weight excluding hydrogens is 370 g/mol. The Kier molecular flexibility index (Phi) is 6.80. The number of nitrogens with zero attached hydrogens (tertiary/aromatic N) is 2. The summed E-state index contributed by atoms with van der Waals surface area (Å²) in [5.74, 6) is -2.59. The molecule has 5 nitrogen and oxygen atoms in total. The number of halogens is 3. The molecule has 1 aliphatic heterocycles. The van der Waals surface area contributed by atoms with Crippen molar-refractivity contribution in [3.63, 3.8) is 0 Å². The number of aromatic nitrogens is 2. The van der Waals surface area contributed by atoms with Gasteiger partial charge in [-0.1, -0.05) is 11.8 Å². The fraction of sp³-hybridized carbons (Fsp3) is 0.375. The van der Waals surface area contributed by atoms with Gasteiger partial charge >= 0.3 is 0 Å². The predicted octanol–water partition coefficient (Wildman–Crippen LogP) is 3.34. The van der Waals surface area contributed by atoms with E-state index in [4.69, 9.17) is 0 Å². The number of piperidine rings is 1. The second-order valence-electron chi connectivity index (χ2n) is 5.59. The third kappa shape index (κ3) is 4.50. The molecule has 0 aliphatic carbocycles. The number of anilines is 1. The van der Waals surface area contributed by atoms with E-state index in [2.05, 4.69) is 15.7 Å². The van der Waals surface area contributed by atoms with Gasteiger partial charge in [0.2, 0.25) is 0 Å². The monoisotopic (exact) mass is 388 g/mol. The van der Waals surface area contributed by atoms with E-state index >= 15 is 0 Å². The molecule has 0 bridgehead atoms. The van der Waals surface area contributed by atoms with Gasteiger partial charge in [-0.25, -0.2) is 0 Å². The van der Waals surface area contributed by atoms with Crippen LogP contribution in [0.5, 0.6) is 0 Å². The van der Waals surface area contributed by atoms with Gasteiger partial charge in [0.25, 0.3) is 11.7 Å². The zero-order chi connectivity index (χ0) is 17.0. The van der Waals surface area contributed by atoms with E-state index in [0.29, 0.717) is 35.2 Å². The first-order valence-electron chi connectivity index (χ1n) is 7.67. The molecule has 0 atom stereocenters. The lowest BCUT2D eigenvalue weighted by molar-refractivity contribution is -0.126. The highest BCUT2D eigenvalue weighted by Crippen LogP contribution is 2.30. The van der Waals surface area contributed by atoms with Gasteiger partial charge < -0.3 is 10.6 Å². The fourth-order valence-electron chi connectivity index (χ4n) is 2.89. The largest absolute Gasteiger partial charge is 0.324 e. The van der Waals surface area contributed by atoms with E-state index in [1.165, 1.54) is 0 Å². The SMILES string of the molecule is Cl.O=C(Nc1ccc(SC(F)F)cc1)C1(n2cccn2)CCNCC1. The zero-order valence-corrected chi connectivity index (χ0v) is 15.0. The van der Waals surface area contributed by atoms with Crippen LogP contribution in [0.2, 0.25) is 0 Å². The number of hydrogen-bond donors (Lipinski definition) is 2. The first-order chi connectivity index (χ1) is 11.6. The quantitative estimate of drug-likeness (QED) is 0.771. The molecule has 1 aromatic heterocycles. The van der Waals surface area contributed by atoms with Crippen molar-refractivity contribution < 1.29 is 13.6 Å². The maximum absolute atomic E-state index is 12.9. The minimum absolute atomic E-state index is 0. The number of amides is 1.